The van der Waals surface area contributed by atoms with Gasteiger partial charge in [0.05, 0.1) is 17.6 Å². The fourth-order valence-corrected chi connectivity index (χ4v) is 3.81. The first-order valence-electron chi connectivity index (χ1n) is 10.3. The standard InChI is InChI=1S/C23H25FN6O/c1-15-11-26-20(13-25-15)22(31)30-10-4-5-17(14-30)21-19(12-27-23(28-21)29(2)3)16-6-8-18(24)9-7-16/h6-9,11-13,17H,4-5,10,14H2,1-3H3/t17-/m1/s1. The Morgan fingerprint density at radius 3 is 2.55 bits per heavy atom. The Morgan fingerprint density at radius 1 is 1.10 bits per heavy atom. The Balaban J connectivity index is 1.66. The van der Waals surface area contributed by atoms with Gasteiger partial charge >= 0.3 is 0 Å². The topological polar surface area (TPSA) is 75.1 Å². The van der Waals surface area contributed by atoms with E-state index in [1.807, 2.05) is 30.8 Å². The molecule has 2 aromatic heterocycles. The van der Waals surface area contributed by atoms with Gasteiger partial charge in [-0.2, -0.15) is 0 Å². The lowest BCUT2D eigenvalue weighted by atomic mass is 9.89. The molecule has 0 radical (unpaired) electrons. The highest BCUT2D eigenvalue weighted by Gasteiger charge is 2.29. The van der Waals surface area contributed by atoms with Gasteiger partial charge in [-0.25, -0.2) is 19.3 Å². The predicted octanol–water partition coefficient (Wildman–Crippen LogP) is 3.47. The molecule has 0 unspecified atom stereocenters. The third kappa shape index (κ3) is 4.52. The van der Waals surface area contributed by atoms with Crippen LogP contribution in [0.1, 0.15) is 40.6 Å². The Hall–Kier alpha value is -3.42. The number of hydrogen-bond donors (Lipinski definition) is 0. The Morgan fingerprint density at radius 2 is 1.87 bits per heavy atom. The summed E-state index contributed by atoms with van der Waals surface area (Å²) in [6.07, 6.45) is 6.69. The van der Waals surface area contributed by atoms with Gasteiger partial charge in [0, 0.05) is 51.1 Å². The molecule has 160 valence electrons. The second kappa shape index (κ2) is 8.75. The summed E-state index contributed by atoms with van der Waals surface area (Å²) in [5, 5.41) is 0. The molecule has 3 heterocycles. The molecule has 31 heavy (non-hydrogen) atoms. The highest BCUT2D eigenvalue weighted by atomic mass is 19.1. The van der Waals surface area contributed by atoms with Crippen molar-refractivity contribution in [1.82, 2.24) is 24.8 Å². The maximum Gasteiger partial charge on any atom is 0.274 e. The summed E-state index contributed by atoms with van der Waals surface area (Å²) < 4.78 is 13.5. The fourth-order valence-electron chi connectivity index (χ4n) is 3.81. The number of nitrogens with zero attached hydrogens (tertiary/aromatic N) is 6. The first-order valence-corrected chi connectivity index (χ1v) is 10.3. The van der Waals surface area contributed by atoms with Crippen molar-refractivity contribution in [2.24, 2.45) is 0 Å². The van der Waals surface area contributed by atoms with Gasteiger partial charge in [0.1, 0.15) is 11.5 Å². The highest BCUT2D eigenvalue weighted by Crippen LogP contribution is 2.34. The Labute approximate surface area is 181 Å². The van der Waals surface area contributed by atoms with Crippen molar-refractivity contribution in [3.05, 3.63) is 65.8 Å². The van der Waals surface area contributed by atoms with E-state index in [4.69, 9.17) is 4.98 Å². The van der Waals surface area contributed by atoms with Crippen molar-refractivity contribution in [2.45, 2.75) is 25.7 Å². The Kier molecular flexibility index (Phi) is 5.88. The average molecular weight is 420 g/mol. The molecule has 0 N–H and O–H groups in total. The van der Waals surface area contributed by atoms with E-state index in [-0.39, 0.29) is 17.6 Å². The lowest BCUT2D eigenvalue weighted by Gasteiger charge is -2.33. The van der Waals surface area contributed by atoms with Crippen LogP contribution in [0.4, 0.5) is 10.3 Å². The van der Waals surface area contributed by atoms with Gasteiger partial charge in [0.2, 0.25) is 5.95 Å². The molecule has 0 spiro atoms. The second-order valence-corrected chi connectivity index (χ2v) is 8.00. The van der Waals surface area contributed by atoms with Crippen LogP contribution < -0.4 is 4.90 Å². The lowest BCUT2D eigenvalue weighted by Crippen LogP contribution is -2.40. The van der Waals surface area contributed by atoms with Crippen LogP contribution in [-0.2, 0) is 0 Å². The van der Waals surface area contributed by atoms with Crippen LogP contribution in [0.15, 0.2) is 42.9 Å². The van der Waals surface area contributed by atoms with E-state index >= 15 is 0 Å². The van der Waals surface area contributed by atoms with Crippen molar-refractivity contribution < 1.29 is 9.18 Å². The molecule has 0 aliphatic carbocycles. The number of aryl methyl sites for hydroxylation is 1. The van der Waals surface area contributed by atoms with Gasteiger partial charge in [0.25, 0.3) is 5.91 Å². The molecule has 1 fully saturated rings. The first-order chi connectivity index (χ1) is 14.9. The van der Waals surface area contributed by atoms with E-state index in [0.717, 1.165) is 35.4 Å². The molecule has 3 aromatic rings. The number of halogens is 1. The molecular weight excluding hydrogens is 395 g/mol. The molecule has 8 heteroatoms. The number of carbonyl (C=O) groups excluding carboxylic acids is 1. The largest absolute Gasteiger partial charge is 0.347 e. The average Bonchev–Trinajstić information content (AvgIpc) is 2.79. The van der Waals surface area contributed by atoms with Crippen molar-refractivity contribution in [3.63, 3.8) is 0 Å². The van der Waals surface area contributed by atoms with Gasteiger partial charge < -0.3 is 9.80 Å². The predicted molar refractivity (Wildman–Crippen MR) is 116 cm³/mol. The number of aromatic nitrogens is 4. The smallest absolute Gasteiger partial charge is 0.274 e. The molecule has 4 rings (SSSR count). The zero-order valence-corrected chi connectivity index (χ0v) is 17.9. The third-order valence-corrected chi connectivity index (χ3v) is 5.46. The number of amides is 1. The van der Waals surface area contributed by atoms with Crippen LogP contribution in [0, 0.1) is 12.7 Å². The number of anilines is 1. The maximum atomic E-state index is 13.5. The lowest BCUT2D eigenvalue weighted by molar-refractivity contribution is 0.0699. The Bertz CT molecular complexity index is 1070. The van der Waals surface area contributed by atoms with Crippen LogP contribution in [0.2, 0.25) is 0 Å². The summed E-state index contributed by atoms with van der Waals surface area (Å²) in [7, 11) is 3.78. The summed E-state index contributed by atoms with van der Waals surface area (Å²) in [6, 6.07) is 6.35. The zero-order chi connectivity index (χ0) is 22.0. The SMILES string of the molecule is Cc1cnc(C(=O)N2CCC[C@@H](c3nc(N(C)C)ncc3-c3ccc(F)cc3)C2)cn1. The molecule has 1 saturated heterocycles. The number of benzene rings is 1. The van der Waals surface area contributed by atoms with Gasteiger partial charge in [-0.05, 0) is 37.5 Å². The molecular formula is C23H25FN6O. The molecule has 1 aromatic carbocycles. The fraction of sp³-hybridized carbons (Fsp3) is 0.348. The first kappa shape index (κ1) is 20.8. The molecule has 1 atom stereocenters. The van der Waals surface area contributed by atoms with E-state index in [9.17, 15) is 9.18 Å². The van der Waals surface area contributed by atoms with Crippen molar-refractivity contribution in [1.29, 1.82) is 0 Å². The molecule has 1 aliphatic heterocycles. The second-order valence-electron chi connectivity index (χ2n) is 8.00. The number of likely N-dealkylation sites (tertiary alicyclic amines) is 1. The minimum atomic E-state index is -0.287. The van der Waals surface area contributed by atoms with Crippen molar-refractivity contribution >= 4 is 11.9 Å². The third-order valence-electron chi connectivity index (χ3n) is 5.46. The number of rotatable bonds is 4. The molecule has 7 nitrogen and oxygen atoms in total. The monoisotopic (exact) mass is 420 g/mol. The zero-order valence-electron chi connectivity index (χ0n) is 17.9. The van der Waals surface area contributed by atoms with E-state index in [1.54, 1.807) is 24.5 Å². The summed E-state index contributed by atoms with van der Waals surface area (Å²) in [4.78, 5) is 34.4. The number of piperidine rings is 1. The normalized spacial score (nSPS) is 16.3. The van der Waals surface area contributed by atoms with Gasteiger partial charge in [-0.3, -0.25) is 9.78 Å². The van der Waals surface area contributed by atoms with Gasteiger partial charge in [-0.15, -0.1) is 0 Å². The summed E-state index contributed by atoms with van der Waals surface area (Å²) >= 11 is 0. The van der Waals surface area contributed by atoms with Gasteiger partial charge in [-0.1, -0.05) is 12.1 Å². The maximum absolute atomic E-state index is 13.5. The quantitative estimate of drug-likeness (QED) is 0.643. The number of hydrogen-bond acceptors (Lipinski definition) is 6. The van der Waals surface area contributed by atoms with E-state index < -0.39 is 0 Å². The summed E-state index contributed by atoms with van der Waals surface area (Å²) in [6.45, 7) is 3.04. The van der Waals surface area contributed by atoms with Crippen LogP contribution in [-0.4, -0.2) is 57.9 Å². The van der Waals surface area contributed by atoms with Crippen molar-refractivity contribution in [3.8, 4) is 11.1 Å². The van der Waals surface area contributed by atoms with E-state index in [1.165, 1.54) is 18.3 Å². The van der Waals surface area contributed by atoms with Crippen LogP contribution in [0.5, 0.6) is 0 Å². The van der Waals surface area contributed by atoms with Crippen LogP contribution in [0.25, 0.3) is 11.1 Å². The summed E-state index contributed by atoms with van der Waals surface area (Å²) in [5.41, 5.74) is 3.71. The van der Waals surface area contributed by atoms with Crippen molar-refractivity contribution in [2.75, 3.05) is 32.1 Å². The number of carbonyl (C=O) groups is 1. The molecule has 1 amide bonds. The minimum absolute atomic E-state index is 0.0397. The van der Waals surface area contributed by atoms with Gasteiger partial charge in [0.15, 0.2) is 0 Å². The minimum Gasteiger partial charge on any atom is -0.347 e. The molecule has 0 bridgehead atoms. The highest BCUT2D eigenvalue weighted by molar-refractivity contribution is 5.92. The van der Waals surface area contributed by atoms with Crippen LogP contribution >= 0.6 is 0 Å². The molecule has 0 saturated carbocycles. The van der Waals surface area contributed by atoms with Crippen LogP contribution in [0.3, 0.4) is 0 Å². The summed E-state index contributed by atoms with van der Waals surface area (Å²) in [5.74, 6) is 0.235. The molecule has 1 aliphatic rings. The van der Waals surface area contributed by atoms with E-state index in [0.29, 0.717) is 24.7 Å². The van der Waals surface area contributed by atoms with E-state index in [2.05, 4.69) is 15.0 Å².